The highest BCUT2D eigenvalue weighted by atomic mass is 14.2. The lowest BCUT2D eigenvalue weighted by atomic mass is 9.86. The van der Waals surface area contributed by atoms with E-state index in [2.05, 4.69) is 34.6 Å². The molecule has 2 atom stereocenters. The molecule has 0 bridgehead atoms. The van der Waals surface area contributed by atoms with Gasteiger partial charge in [-0.05, 0) is 17.8 Å². The Hall–Kier alpha value is 0. The van der Waals surface area contributed by atoms with Gasteiger partial charge in [0.2, 0.25) is 0 Å². The Bertz CT molecular complexity index is 188. The number of hydrogen-bond acceptors (Lipinski definition) is 0. The van der Waals surface area contributed by atoms with Gasteiger partial charge in [-0.3, -0.25) is 0 Å². The van der Waals surface area contributed by atoms with Crippen molar-refractivity contribution in [3.05, 3.63) is 0 Å². The van der Waals surface area contributed by atoms with Crippen molar-refractivity contribution in [3.8, 4) is 0 Å². The molecule has 0 radical (unpaired) electrons. The maximum Gasteiger partial charge on any atom is -0.0414 e. The van der Waals surface area contributed by atoms with Gasteiger partial charge >= 0.3 is 0 Å². The molecule has 0 aromatic rings. The fraction of sp³-hybridized carbons (Fsp3) is 1.00. The second-order valence-electron chi connectivity index (χ2n) is 7.64. The summed E-state index contributed by atoms with van der Waals surface area (Å²) in [5, 5.41) is 0. The lowest BCUT2D eigenvalue weighted by Gasteiger charge is -2.20. The first-order chi connectivity index (χ1) is 10.7. The topological polar surface area (TPSA) is 0 Å². The summed E-state index contributed by atoms with van der Waals surface area (Å²) in [4.78, 5) is 0. The second kappa shape index (κ2) is 15.9. The van der Waals surface area contributed by atoms with Crippen LogP contribution in [0.1, 0.15) is 125 Å². The molecule has 22 heavy (non-hydrogen) atoms. The molecule has 0 heterocycles. The molecule has 0 aromatic heterocycles. The van der Waals surface area contributed by atoms with Gasteiger partial charge in [0.1, 0.15) is 0 Å². The van der Waals surface area contributed by atoms with E-state index in [-0.39, 0.29) is 0 Å². The molecular weight excluding hydrogens is 264 g/mol. The van der Waals surface area contributed by atoms with E-state index in [0.717, 1.165) is 17.8 Å². The predicted molar refractivity (Wildman–Crippen MR) is 103 cm³/mol. The summed E-state index contributed by atoms with van der Waals surface area (Å²) in [5.41, 5.74) is 0. The minimum atomic E-state index is 1.00. The van der Waals surface area contributed by atoms with E-state index < -0.39 is 0 Å². The molecule has 0 N–H and O–H groups in total. The van der Waals surface area contributed by atoms with Gasteiger partial charge in [-0.2, -0.15) is 0 Å². The second-order valence-corrected chi connectivity index (χ2v) is 7.64. The zero-order valence-corrected chi connectivity index (χ0v) is 16.6. The molecule has 0 rings (SSSR count). The fourth-order valence-electron chi connectivity index (χ4n) is 4.15. The van der Waals surface area contributed by atoms with E-state index in [9.17, 15) is 0 Å². The van der Waals surface area contributed by atoms with Crippen LogP contribution in [0, 0.1) is 17.8 Å². The average Bonchev–Trinajstić information content (AvgIpc) is 2.53. The standard InChI is InChI=1S/C22H46/c1-6-13-20(9-4)16-11-18-22(15-8-3)19-12-17-21(10-5)14-7-2/h20-22H,6-19H2,1-5H3. The van der Waals surface area contributed by atoms with E-state index in [1.54, 1.807) is 0 Å². The summed E-state index contributed by atoms with van der Waals surface area (Å²) < 4.78 is 0. The van der Waals surface area contributed by atoms with Gasteiger partial charge in [0, 0.05) is 0 Å². The Morgan fingerprint density at radius 2 is 0.727 bits per heavy atom. The molecule has 0 fully saturated rings. The monoisotopic (exact) mass is 310 g/mol. The van der Waals surface area contributed by atoms with Gasteiger partial charge in [-0.25, -0.2) is 0 Å². The molecule has 2 unspecified atom stereocenters. The third-order valence-corrected chi connectivity index (χ3v) is 5.69. The van der Waals surface area contributed by atoms with Crippen molar-refractivity contribution < 1.29 is 0 Å². The van der Waals surface area contributed by atoms with E-state index in [1.165, 1.54) is 89.9 Å². The predicted octanol–water partition coefficient (Wildman–Crippen LogP) is 8.40. The summed E-state index contributed by atoms with van der Waals surface area (Å²) in [5.74, 6) is 3.02. The molecule has 0 aromatic carbocycles. The average molecular weight is 311 g/mol. The third-order valence-electron chi connectivity index (χ3n) is 5.69. The maximum atomic E-state index is 2.38. The van der Waals surface area contributed by atoms with Gasteiger partial charge in [-0.1, -0.05) is 125 Å². The van der Waals surface area contributed by atoms with Crippen LogP contribution in [-0.4, -0.2) is 0 Å². The zero-order valence-electron chi connectivity index (χ0n) is 16.6. The lowest BCUT2D eigenvalue weighted by molar-refractivity contribution is 0.330. The van der Waals surface area contributed by atoms with Crippen LogP contribution in [0.3, 0.4) is 0 Å². The van der Waals surface area contributed by atoms with Crippen LogP contribution >= 0.6 is 0 Å². The third kappa shape index (κ3) is 11.6. The minimum absolute atomic E-state index is 1.00. The van der Waals surface area contributed by atoms with Crippen molar-refractivity contribution in [2.45, 2.75) is 125 Å². The molecule has 0 nitrogen and oxygen atoms in total. The van der Waals surface area contributed by atoms with Crippen LogP contribution in [0.4, 0.5) is 0 Å². The Balaban J connectivity index is 3.94. The normalized spacial score (nSPS) is 15.7. The van der Waals surface area contributed by atoms with Crippen LogP contribution in [0.15, 0.2) is 0 Å². The molecule has 0 aliphatic rings. The molecule has 0 aliphatic carbocycles. The van der Waals surface area contributed by atoms with Crippen molar-refractivity contribution in [1.82, 2.24) is 0 Å². The van der Waals surface area contributed by atoms with Crippen LogP contribution in [-0.2, 0) is 0 Å². The van der Waals surface area contributed by atoms with Crippen molar-refractivity contribution >= 4 is 0 Å². The molecule has 0 aliphatic heterocycles. The van der Waals surface area contributed by atoms with Gasteiger partial charge in [0.15, 0.2) is 0 Å². The first-order valence-corrected chi connectivity index (χ1v) is 10.7. The summed E-state index contributed by atoms with van der Waals surface area (Å²) in [7, 11) is 0. The van der Waals surface area contributed by atoms with Crippen LogP contribution in [0.25, 0.3) is 0 Å². The molecule has 0 saturated heterocycles. The van der Waals surface area contributed by atoms with Gasteiger partial charge in [0.05, 0.1) is 0 Å². The smallest absolute Gasteiger partial charge is 0.0414 e. The number of hydrogen-bond donors (Lipinski definition) is 0. The van der Waals surface area contributed by atoms with Gasteiger partial charge in [0.25, 0.3) is 0 Å². The Morgan fingerprint density at radius 3 is 1.05 bits per heavy atom. The summed E-state index contributed by atoms with van der Waals surface area (Å²) in [6.07, 6.45) is 20.2. The Labute approximate surface area is 142 Å². The summed E-state index contributed by atoms with van der Waals surface area (Å²) >= 11 is 0. The highest BCUT2D eigenvalue weighted by Crippen LogP contribution is 2.27. The van der Waals surface area contributed by atoms with Crippen molar-refractivity contribution in [1.29, 1.82) is 0 Å². The molecule has 134 valence electrons. The molecule has 0 spiro atoms. The SMILES string of the molecule is CCCC(CC)CCCC(CCC)CCCC(CC)CCC. The number of rotatable bonds is 16. The summed E-state index contributed by atoms with van der Waals surface area (Å²) in [6.45, 7) is 11.8. The lowest BCUT2D eigenvalue weighted by Crippen LogP contribution is -2.05. The van der Waals surface area contributed by atoms with E-state index in [0.29, 0.717) is 0 Å². The highest BCUT2D eigenvalue weighted by Gasteiger charge is 2.12. The Morgan fingerprint density at radius 1 is 0.409 bits per heavy atom. The molecule has 0 saturated carbocycles. The van der Waals surface area contributed by atoms with Crippen LogP contribution < -0.4 is 0 Å². The molecule has 0 amide bonds. The fourth-order valence-corrected chi connectivity index (χ4v) is 4.15. The minimum Gasteiger partial charge on any atom is -0.0654 e. The van der Waals surface area contributed by atoms with Gasteiger partial charge in [-0.15, -0.1) is 0 Å². The van der Waals surface area contributed by atoms with Crippen molar-refractivity contribution in [3.63, 3.8) is 0 Å². The first-order valence-electron chi connectivity index (χ1n) is 10.7. The maximum absolute atomic E-state index is 2.38. The van der Waals surface area contributed by atoms with Crippen molar-refractivity contribution in [2.24, 2.45) is 17.8 Å². The first kappa shape index (κ1) is 22.0. The van der Waals surface area contributed by atoms with Crippen LogP contribution in [0.2, 0.25) is 0 Å². The molecular formula is C22H46. The van der Waals surface area contributed by atoms with Crippen LogP contribution in [0.5, 0.6) is 0 Å². The Kier molecular flexibility index (Phi) is 15.9. The largest absolute Gasteiger partial charge is 0.0654 e. The quantitative estimate of drug-likeness (QED) is 0.268. The highest BCUT2D eigenvalue weighted by molar-refractivity contribution is 4.65. The van der Waals surface area contributed by atoms with E-state index in [1.807, 2.05) is 0 Å². The zero-order chi connectivity index (χ0) is 16.6. The molecule has 0 heteroatoms. The van der Waals surface area contributed by atoms with Gasteiger partial charge < -0.3 is 0 Å². The van der Waals surface area contributed by atoms with E-state index in [4.69, 9.17) is 0 Å². The van der Waals surface area contributed by atoms with Crippen molar-refractivity contribution in [2.75, 3.05) is 0 Å². The van der Waals surface area contributed by atoms with E-state index >= 15 is 0 Å². The summed E-state index contributed by atoms with van der Waals surface area (Å²) in [6, 6.07) is 0.